The molecule has 0 aliphatic carbocycles. The van der Waals surface area contributed by atoms with Gasteiger partial charge in [0.15, 0.2) is 17.4 Å². The summed E-state index contributed by atoms with van der Waals surface area (Å²) in [6, 6.07) is 13.0. The Labute approximate surface area is 188 Å². The number of aromatic nitrogens is 1. The van der Waals surface area contributed by atoms with E-state index in [0.29, 0.717) is 23.0 Å². The third-order valence-electron chi connectivity index (χ3n) is 4.74. The van der Waals surface area contributed by atoms with Crippen molar-refractivity contribution in [2.24, 2.45) is 0 Å². The number of thiazole rings is 1. The second kappa shape index (κ2) is 9.51. The Morgan fingerprint density at radius 2 is 2.03 bits per heavy atom. The summed E-state index contributed by atoms with van der Waals surface area (Å²) < 4.78 is 16.9. The van der Waals surface area contributed by atoms with E-state index in [4.69, 9.17) is 25.5 Å². The lowest BCUT2D eigenvalue weighted by molar-refractivity contribution is -0.149. The summed E-state index contributed by atoms with van der Waals surface area (Å²) in [5, 5.41) is 13.7. The van der Waals surface area contributed by atoms with Gasteiger partial charge in [-0.2, -0.15) is 0 Å². The lowest BCUT2D eigenvalue weighted by Crippen LogP contribution is -2.26. The van der Waals surface area contributed by atoms with Gasteiger partial charge in [-0.25, -0.2) is 9.78 Å². The van der Waals surface area contributed by atoms with Gasteiger partial charge in [0.25, 0.3) is 0 Å². The van der Waals surface area contributed by atoms with E-state index in [1.54, 1.807) is 19.3 Å². The number of furan rings is 1. The highest BCUT2D eigenvalue weighted by Gasteiger charge is 2.21. The molecule has 0 saturated carbocycles. The molecule has 0 saturated heterocycles. The summed E-state index contributed by atoms with van der Waals surface area (Å²) in [6.07, 6.45) is 0.908. The van der Waals surface area contributed by atoms with Gasteiger partial charge in [0.1, 0.15) is 11.6 Å². The minimum Gasteiger partial charge on any atom is -0.483 e. The smallest absolute Gasteiger partial charge is 0.333 e. The Bertz CT molecular complexity index is 1180. The van der Waals surface area contributed by atoms with E-state index in [9.17, 15) is 9.90 Å². The fourth-order valence-electron chi connectivity index (χ4n) is 3.25. The van der Waals surface area contributed by atoms with Crippen molar-refractivity contribution >= 4 is 39.9 Å². The highest BCUT2D eigenvalue weighted by atomic mass is 35.5. The van der Waals surface area contributed by atoms with Gasteiger partial charge >= 0.3 is 5.97 Å². The molecular formula is C23H20ClNO5S. The molecule has 0 amide bonds. The summed E-state index contributed by atoms with van der Waals surface area (Å²) in [6.45, 7) is 2.39. The van der Waals surface area contributed by atoms with Crippen LogP contribution in [0, 0.1) is 0 Å². The molecule has 0 radical (unpaired) electrons. The first-order valence-electron chi connectivity index (χ1n) is 9.71. The van der Waals surface area contributed by atoms with Gasteiger partial charge in [-0.05, 0) is 36.8 Å². The number of rotatable bonds is 9. The van der Waals surface area contributed by atoms with Gasteiger partial charge < -0.3 is 19.0 Å². The topological polar surface area (TPSA) is 81.8 Å². The molecule has 1 N–H and O–H groups in total. The monoisotopic (exact) mass is 457 g/mol. The van der Waals surface area contributed by atoms with Crippen molar-refractivity contribution in [2.45, 2.75) is 26.1 Å². The first-order chi connectivity index (χ1) is 15.0. The van der Waals surface area contributed by atoms with Crippen LogP contribution in [0.1, 0.15) is 18.2 Å². The van der Waals surface area contributed by atoms with E-state index in [1.807, 2.05) is 41.8 Å². The number of carboxylic acids is 1. The molecule has 1 atom stereocenters. The molecule has 2 aromatic carbocycles. The van der Waals surface area contributed by atoms with Crippen molar-refractivity contribution in [3.05, 3.63) is 70.4 Å². The van der Waals surface area contributed by atoms with Crippen molar-refractivity contribution < 1.29 is 23.8 Å². The molecule has 2 heterocycles. The molecule has 0 aliphatic rings. The van der Waals surface area contributed by atoms with Gasteiger partial charge in [0.05, 0.1) is 12.0 Å². The SMILES string of the molecule is CCOC(Cc1ccc(OCc2csc(-c3ccc(Cl)cc3)n2)c2occc12)C(=O)O. The second-order valence-electron chi connectivity index (χ2n) is 6.81. The maximum atomic E-state index is 11.4. The molecule has 31 heavy (non-hydrogen) atoms. The van der Waals surface area contributed by atoms with Gasteiger partial charge in [-0.1, -0.05) is 29.8 Å². The molecule has 4 rings (SSSR count). The van der Waals surface area contributed by atoms with Crippen LogP contribution >= 0.6 is 22.9 Å². The summed E-state index contributed by atoms with van der Waals surface area (Å²) >= 11 is 7.49. The average Bonchev–Trinajstić information content (AvgIpc) is 3.43. The molecule has 160 valence electrons. The lowest BCUT2D eigenvalue weighted by Gasteiger charge is -2.14. The number of carboxylic acid groups (broad SMARTS) is 1. The first kappa shape index (κ1) is 21.4. The largest absolute Gasteiger partial charge is 0.483 e. The van der Waals surface area contributed by atoms with E-state index in [2.05, 4.69) is 4.98 Å². The molecule has 0 bridgehead atoms. The third-order valence-corrected chi connectivity index (χ3v) is 5.93. The van der Waals surface area contributed by atoms with E-state index in [1.165, 1.54) is 11.3 Å². The summed E-state index contributed by atoms with van der Waals surface area (Å²) in [7, 11) is 0. The van der Waals surface area contributed by atoms with Gasteiger partial charge in [-0.15, -0.1) is 11.3 Å². The van der Waals surface area contributed by atoms with Crippen LogP contribution < -0.4 is 4.74 Å². The summed E-state index contributed by atoms with van der Waals surface area (Å²) in [5.41, 5.74) is 3.21. The number of nitrogens with zero attached hydrogens (tertiary/aromatic N) is 1. The Balaban J connectivity index is 1.49. The van der Waals surface area contributed by atoms with Crippen molar-refractivity contribution in [2.75, 3.05) is 6.61 Å². The average molecular weight is 458 g/mol. The Hall–Kier alpha value is -2.87. The summed E-state index contributed by atoms with van der Waals surface area (Å²) in [4.78, 5) is 16.1. The number of benzene rings is 2. The normalized spacial score (nSPS) is 12.2. The molecule has 0 aliphatic heterocycles. The third kappa shape index (κ3) is 4.90. The number of ether oxygens (including phenoxy) is 2. The Morgan fingerprint density at radius 1 is 1.23 bits per heavy atom. The fraction of sp³-hybridized carbons (Fsp3) is 0.217. The maximum absolute atomic E-state index is 11.4. The van der Waals surface area contributed by atoms with Crippen LogP contribution in [0.2, 0.25) is 5.02 Å². The number of halogens is 1. The zero-order valence-electron chi connectivity index (χ0n) is 16.7. The fourth-order valence-corrected chi connectivity index (χ4v) is 4.19. The molecule has 6 nitrogen and oxygen atoms in total. The quantitative estimate of drug-likeness (QED) is 0.341. The minimum atomic E-state index is -0.987. The van der Waals surface area contributed by atoms with Crippen molar-refractivity contribution in [3.63, 3.8) is 0 Å². The van der Waals surface area contributed by atoms with Gasteiger partial charge in [0, 0.05) is 34.4 Å². The molecule has 0 spiro atoms. The van der Waals surface area contributed by atoms with E-state index in [0.717, 1.165) is 27.2 Å². The van der Waals surface area contributed by atoms with Crippen LogP contribution in [0.5, 0.6) is 5.75 Å². The van der Waals surface area contributed by atoms with Crippen LogP contribution in [-0.2, 0) is 22.6 Å². The van der Waals surface area contributed by atoms with Crippen molar-refractivity contribution in [1.29, 1.82) is 0 Å². The van der Waals surface area contributed by atoms with Crippen LogP contribution in [-0.4, -0.2) is 28.8 Å². The van der Waals surface area contributed by atoms with Crippen LogP contribution in [0.15, 0.2) is 58.5 Å². The van der Waals surface area contributed by atoms with E-state index < -0.39 is 12.1 Å². The number of fused-ring (bicyclic) bond motifs is 1. The predicted octanol–water partition coefficient (Wildman–Crippen LogP) is 5.82. The minimum absolute atomic E-state index is 0.246. The van der Waals surface area contributed by atoms with E-state index in [-0.39, 0.29) is 13.0 Å². The van der Waals surface area contributed by atoms with Crippen LogP contribution in [0.3, 0.4) is 0 Å². The summed E-state index contributed by atoms with van der Waals surface area (Å²) in [5.74, 6) is -0.410. The van der Waals surface area contributed by atoms with Gasteiger partial charge in [-0.3, -0.25) is 0 Å². The van der Waals surface area contributed by atoms with Crippen molar-refractivity contribution in [1.82, 2.24) is 4.98 Å². The Kier molecular flexibility index (Phi) is 6.56. The molecule has 1 unspecified atom stereocenters. The lowest BCUT2D eigenvalue weighted by atomic mass is 10.0. The number of aliphatic carboxylic acids is 1. The molecule has 0 fully saturated rings. The standard InChI is InChI=1S/C23H20ClNO5S/c1-2-28-20(23(26)27)11-15-5-8-19(21-18(15)9-10-29-21)30-12-17-13-31-22(25-17)14-3-6-16(24)7-4-14/h3-10,13,20H,2,11-12H2,1H3,(H,26,27). The maximum Gasteiger partial charge on any atom is 0.333 e. The second-order valence-corrected chi connectivity index (χ2v) is 8.11. The number of carbonyl (C=O) groups is 1. The van der Waals surface area contributed by atoms with E-state index >= 15 is 0 Å². The highest BCUT2D eigenvalue weighted by Crippen LogP contribution is 2.32. The molecule has 8 heteroatoms. The molecular weight excluding hydrogens is 438 g/mol. The zero-order valence-corrected chi connectivity index (χ0v) is 18.3. The molecule has 2 aromatic heterocycles. The number of hydrogen-bond donors (Lipinski definition) is 1. The number of hydrogen-bond acceptors (Lipinski definition) is 6. The van der Waals surface area contributed by atoms with Crippen LogP contribution in [0.4, 0.5) is 0 Å². The first-order valence-corrected chi connectivity index (χ1v) is 11.0. The van der Waals surface area contributed by atoms with Crippen molar-refractivity contribution in [3.8, 4) is 16.3 Å². The van der Waals surface area contributed by atoms with Gasteiger partial charge in [0.2, 0.25) is 0 Å². The predicted molar refractivity (Wildman–Crippen MR) is 120 cm³/mol. The van der Waals surface area contributed by atoms with Crippen LogP contribution in [0.25, 0.3) is 21.5 Å². The Morgan fingerprint density at radius 3 is 2.77 bits per heavy atom. The zero-order chi connectivity index (χ0) is 21.8. The highest BCUT2D eigenvalue weighted by molar-refractivity contribution is 7.13. The molecule has 4 aromatic rings.